The fourth-order valence-corrected chi connectivity index (χ4v) is 5.52. The van der Waals surface area contributed by atoms with Crippen molar-refractivity contribution in [2.75, 3.05) is 24.7 Å². The molecule has 10 heteroatoms. The molecule has 174 valence electrons. The van der Waals surface area contributed by atoms with Gasteiger partial charge in [0.15, 0.2) is 5.75 Å². The first-order valence-electron chi connectivity index (χ1n) is 10.4. The number of hydrogen-bond acceptors (Lipinski definition) is 7. The number of halogens is 1. The Labute approximate surface area is 196 Å². The van der Waals surface area contributed by atoms with Crippen molar-refractivity contribution in [3.8, 4) is 5.75 Å². The lowest BCUT2D eigenvalue weighted by Gasteiger charge is -2.44. The van der Waals surface area contributed by atoms with Crippen molar-refractivity contribution in [1.29, 1.82) is 0 Å². The number of nitrogens with zero attached hydrogens (tertiary/aromatic N) is 1. The van der Waals surface area contributed by atoms with Gasteiger partial charge in [-0.2, -0.15) is 0 Å². The molecule has 33 heavy (non-hydrogen) atoms. The normalized spacial score (nSPS) is 15.4. The Morgan fingerprint density at radius 3 is 2.30 bits per heavy atom. The van der Waals surface area contributed by atoms with Crippen molar-refractivity contribution < 1.29 is 13.5 Å². The number of phenols is 1. The third-order valence-electron chi connectivity index (χ3n) is 6.13. The van der Waals surface area contributed by atoms with Gasteiger partial charge in [0.25, 0.3) is 10.9 Å². The zero-order chi connectivity index (χ0) is 24.1. The molecule has 0 spiro atoms. The average Bonchev–Trinajstić information content (AvgIpc) is 2.73. The van der Waals surface area contributed by atoms with Crippen LogP contribution in [0.3, 0.4) is 0 Å². The van der Waals surface area contributed by atoms with Crippen molar-refractivity contribution in [3.05, 3.63) is 73.0 Å². The molecule has 0 bridgehead atoms. The van der Waals surface area contributed by atoms with Gasteiger partial charge < -0.3 is 15.7 Å². The monoisotopic (exact) mass is 489 g/mol. The number of nitrogens with one attached hydrogen (secondary N) is 2. The van der Waals surface area contributed by atoms with Gasteiger partial charge >= 0.3 is 0 Å². The SMILES string of the molecule is Cc1cccc(C2(Nc3c(Nc4ccc(Cl)c(S(=O)(=O)N(C)C)c4O)c(=O)c3=O)CCC2)c1. The van der Waals surface area contributed by atoms with Gasteiger partial charge in [-0.25, -0.2) is 12.7 Å². The van der Waals surface area contributed by atoms with Gasteiger partial charge in [-0.05, 0) is 43.9 Å². The second-order valence-corrected chi connectivity index (χ2v) is 11.0. The van der Waals surface area contributed by atoms with E-state index >= 15 is 0 Å². The van der Waals surface area contributed by atoms with Crippen LogP contribution in [0, 0.1) is 6.92 Å². The summed E-state index contributed by atoms with van der Waals surface area (Å²) < 4.78 is 26.1. The number of aromatic hydroxyl groups is 1. The zero-order valence-electron chi connectivity index (χ0n) is 18.4. The number of phenolic OH excluding ortho intramolecular Hbond substituents is 1. The Morgan fingerprint density at radius 2 is 1.73 bits per heavy atom. The molecule has 0 atom stereocenters. The van der Waals surface area contributed by atoms with E-state index in [-0.39, 0.29) is 22.1 Å². The van der Waals surface area contributed by atoms with E-state index in [2.05, 4.69) is 10.6 Å². The fourth-order valence-electron chi connectivity index (χ4n) is 4.04. The van der Waals surface area contributed by atoms with E-state index in [1.807, 2.05) is 31.2 Å². The Hall–Kier alpha value is -2.88. The Morgan fingerprint density at radius 1 is 1.06 bits per heavy atom. The van der Waals surface area contributed by atoms with E-state index < -0.39 is 37.1 Å². The van der Waals surface area contributed by atoms with Crippen LogP contribution in [0.15, 0.2) is 50.9 Å². The van der Waals surface area contributed by atoms with Crippen molar-refractivity contribution >= 4 is 38.7 Å². The summed E-state index contributed by atoms with van der Waals surface area (Å²) in [6, 6.07) is 10.6. The number of hydrogen-bond donors (Lipinski definition) is 3. The van der Waals surface area contributed by atoms with Crippen molar-refractivity contribution in [3.63, 3.8) is 0 Å². The Bertz CT molecular complexity index is 1420. The predicted octanol–water partition coefficient (Wildman–Crippen LogP) is 3.44. The molecule has 0 aliphatic heterocycles. The summed E-state index contributed by atoms with van der Waals surface area (Å²) in [5.41, 5.74) is 0.289. The lowest BCUT2D eigenvalue weighted by molar-refractivity contribution is 0.284. The molecule has 3 aromatic rings. The van der Waals surface area contributed by atoms with Crippen LogP contribution in [0.25, 0.3) is 0 Å². The molecule has 0 aromatic heterocycles. The molecule has 0 amide bonds. The molecule has 0 unspecified atom stereocenters. The molecule has 1 fully saturated rings. The summed E-state index contributed by atoms with van der Waals surface area (Å²) in [6.07, 6.45) is 2.57. The highest BCUT2D eigenvalue weighted by Crippen LogP contribution is 2.45. The third kappa shape index (κ3) is 3.80. The second kappa shape index (κ2) is 8.16. The summed E-state index contributed by atoms with van der Waals surface area (Å²) in [4.78, 5) is 24.3. The summed E-state index contributed by atoms with van der Waals surface area (Å²) in [7, 11) is -1.43. The molecule has 0 heterocycles. The standard InChI is InChI=1S/C23H24ClN3O5S/c1-13-6-4-7-14(12-13)23(10-5-11-23)26-18-17(20(29)21(18)30)25-16-9-8-15(24)22(19(16)28)33(31,32)27(2)3/h4,6-9,12,25-26,28H,5,10-11H2,1-3H3. The molecule has 0 saturated heterocycles. The van der Waals surface area contributed by atoms with Crippen molar-refractivity contribution in [2.45, 2.75) is 36.6 Å². The van der Waals surface area contributed by atoms with Crippen LogP contribution >= 0.6 is 11.6 Å². The lowest BCUT2D eigenvalue weighted by atomic mass is 9.71. The van der Waals surface area contributed by atoms with E-state index in [9.17, 15) is 23.1 Å². The lowest BCUT2D eigenvalue weighted by Crippen LogP contribution is -2.47. The first-order valence-corrected chi connectivity index (χ1v) is 12.2. The molecule has 1 aliphatic rings. The van der Waals surface area contributed by atoms with Crippen LogP contribution in [0.4, 0.5) is 17.1 Å². The predicted molar refractivity (Wildman–Crippen MR) is 129 cm³/mol. The van der Waals surface area contributed by atoms with Gasteiger partial charge in [-0.1, -0.05) is 41.4 Å². The van der Waals surface area contributed by atoms with Crippen LogP contribution in [-0.2, 0) is 15.6 Å². The number of benzene rings is 2. The molecular formula is C23H24ClN3O5S. The maximum absolute atomic E-state index is 12.6. The Balaban J connectivity index is 1.71. The van der Waals surface area contributed by atoms with Crippen LogP contribution in [-0.4, -0.2) is 31.9 Å². The van der Waals surface area contributed by atoms with Crippen LogP contribution in [0.1, 0.15) is 30.4 Å². The van der Waals surface area contributed by atoms with Gasteiger partial charge in [0, 0.05) is 14.1 Å². The largest absolute Gasteiger partial charge is 0.504 e. The molecular weight excluding hydrogens is 466 g/mol. The minimum atomic E-state index is -4.06. The minimum absolute atomic E-state index is 0.0234. The van der Waals surface area contributed by atoms with Crippen LogP contribution in [0.2, 0.25) is 5.02 Å². The molecule has 4 rings (SSSR count). The average molecular weight is 490 g/mol. The highest BCUT2D eigenvalue weighted by Gasteiger charge is 2.41. The summed E-state index contributed by atoms with van der Waals surface area (Å²) in [5.74, 6) is -0.632. The van der Waals surface area contributed by atoms with Crippen molar-refractivity contribution in [1.82, 2.24) is 4.31 Å². The Kier molecular flexibility index (Phi) is 5.76. The third-order valence-corrected chi connectivity index (χ3v) is 8.45. The van der Waals surface area contributed by atoms with E-state index in [0.717, 1.165) is 34.7 Å². The smallest absolute Gasteiger partial charge is 0.253 e. The van der Waals surface area contributed by atoms with E-state index in [1.54, 1.807) is 0 Å². The number of aryl methyl sites for hydroxylation is 1. The maximum Gasteiger partial charge on any atom is 0.253 e. The molecule has 1 aliphatic carbocycles. The van der Waals surface area contributed by atoms with Gasteiger partial charge in [-0.3, -0.25) is 9.59 Å². The van der Waals surface area contributed by atoms with Crippen LogP contribution < -0.4 is 21.5 Å². The zero-order valence-corrected chi connectivity index (χ0v) is 20.0. The molecule has 3 aromatic carbocycles. The van der Waals surface area contributed by atoms with E-state index in [1.165, 1.54) is 26.2 Å². The number of anilines is 3. The molecule has 0 radical (unpaired) electrons. The summed E-state index contributed by atoms with van der Waals surface area (Å²) in [5, 5.41) is 16.5. The van der Waals surface area contributed by atoms with Gasteiger partial charge in [0.1, 0.15) is 16.3 Å². The fraction of sp³-hybridized carbons (Fsp3) is 0.304. The highest BCUT2D eigenvalue weighted by atomic mass is 35.5. The van der Waals surface area contributed by atoms with E-state index in [4.69, 9.17) is 11.6 Å². The summed E-state index contributed by atoms with van der Waals surface area (Å²) in [6.45, 7) is 1.99. The second-order valence-electron chi connectivity index (χ2n) is 8.52. The first-order chi connectivity index (χ1) is 15.5. The van der Waals surface area contributed by atoms with Gasteiger partial charge in [0.2, 0.25) is 10.0 Å². The van der Waals surface area contributed by atoms with Gasteiger partial charge in [-0.15, -0.1) is 0 Å². The summed E-state index contributed by atoms with van der Waals surface area (Å²) >= 11 is 6.05. The number of rotatable bonds is 7. The number of sulfonamides is 1. The van der Waals surface area contributed by atoms with Crippen molar-refractivity contribution in [2.24, 2.45) is 0 Å². The molecule has 3 N–H and O–H groups in total. The first kappa shape index (κ1) is 23.3. The van der Waals surface area contributed by atoms with E-state index in [0.29, 0.717) is 0 Å². The minimum Gasteiger partial charge on any atom is -0.504 e. The topological polar surface area (TPSA) is 116 Å². The van der Waals surface area contributed by atoms with Crippen LogP contribution in [0.5, 0.6) is 5.75 Å². The highest BCUT2D eigenvalue weighted by molar-refractivity contribution is 7.89. The molecule has 1 saturated carbocycles. The molecule has 8 nitrogen and oxygen atoms in total. The maximum atomic E-state index is 12.6. The van der Waals surface area contributed by atoms with Gasteiger partial charge in [0.05, 0.1) is 16.2 Å². The quantitative estimate of drug-likeness (QED) is 0.344.